The van der Waals surface area contributed by atoms with Crippen molar-refractivity contribution in [1.82, 2.24) is 14.5 Å². The van der Waals surface area contributed by atoms with Gasteiger partial charge >= 0.3 is 0 Å². The number of imidazole rings is 1. The Kier molecular flexibility index (Phi) is 5.46. The van der Waals surface area contributed by atoms with Crippen LogP contribution in [-0.2, 0) is 6.54 Å². The van der Waals surface area contributed by atoms with E-state index >= 15 is 0 Å². The molecule has 0 N–H and O–H groups in total. The normalized spacial score (nSPS) is 15.9. The minimum atomic E-state index is 0.783. The molecule has 0 unspecified atom stereocenters. The number of benzene rings is 2. The molecule has 0 amide bonds. The summed E-state index contributed by atoms with van der Waals surface area (Å²) in [6.45, 7) is 4.41. The van der Waals surface area contributed by atoms with Crippen molar-refractivity contribution in [2.24, 2.45) is 4.99 Å². The van der Waals surface area contributed by atoms with Gasteiger partial charge in [-0.3, -0.25) is 0 Å². The van der Waals surface area contributed by atoms with Crippen LogP contribution in [0.1, 0.15) is 24.8 Å². The molecule has 1 fully saturated rings. The molecule has 0 bridgehead atoms. The number of para-hydroxylation sites is 2. The van der Waals surface area contributed by atoms with Gasteiger partial charge in [-0.05, 0) is 55.8 Å². The van der Waals surface area contributed by atoms with Crippen LogP contribution in [-0.4, -0.2) is 40.3 Å². The predicted octanol–water partition coefficient (Wildman–Crippen LogP) is 5.04. The maximum Gasteiger partial charge on any atom is 0.230 e. The zero-order chi connectivity index (χ0) is 17.8. The Labute approximate surface area is 162 Å². The maximum absolute atomic E-state index is 4.75. The second-order valence-corrected chi connectivity index (χ2v) is 7.68. The average Bonchev–Trinajstić information content (AvgIpc) is 3.04. The fraction of sp³-hybridized carbons (Fsp3) is 0.333. The summed E-state index contributed by atoms with van der Waals surface area (Å²) in [5.41, 5.74) is 3.24. The molecule has 0 aliphatic carbocycles. The third-order valence-electron chi connectivity index (χ3n) is 4.92. The van der Waals surface area contributed by atoms with Crippen LogP contribution in [0.5, 0.6) is 0 Å². The van der Waals surface area contributed by atoms with E-state index in [9.17, 15) is 0 Å². The summed E-state index contributed by atoms with van der Waals surface area (Å²) >= 11 is 3.47. The molecule has 1 aliphatic heterocycles. The number of piperidine rings is 1. The summed E-state index contributed by atoms with van der Waals surface area (Å²) < 4.78 is 3.32. The molecule has 1 aliphatic rings. The molecule has 1 aromatic heterocycles. The van der Waals surface area contributed by atoms with E-state index in [1.165, 1.54) is 32.4 Å². The number of fused-ring (bicyclic) bond motifs is 1. The summed E-state index contributed by atoms with van der Waals surface area (Å²) in [7, 11) is 0. The van der Waals surface area contributed by atoms with Crippen molar-refractivity contribution in [3.8, 4) is 0 Å². The standard InChI is InChI=1S/C21H23BrN4/c22-18-10-8-17(9-11-18)16-23-21-24-19-6-2-3-7-20(19)26(21)15-14-25-12-4-1-5-13-25/h2-3,6-11,16H,1,4-5,12-15H2. The van der Waals surface area contributed by atoms with Crippen molar-refractivity contribution in [2.75, 3.05) is 19.6 Å². The Hall–Kier alpha value is -1.98. The van der Waals surface area contributed by atoms with Gasteiger partial charge in [0.2, 0.25) is 5.95 Å². The van der Waals surface area contributed by atoms with Gasteiger partial charge < -0.3 is 9.47 Å². The Morgan fingerprint density at radius 3 is 2.54 bits per heavy atom. The van der Waals surface area contributed by atoms with Crippen LogP contribution >= 0.6 is 15.9 Å². The molecule has 3 aromatic rings. The van der Waals surface area contributed by atoms with E-state index in [4.69, 9.17) is 9.98 Å². The number of nitrogens with zero attached hydrogens (tertiary/aromatic N) is 4. The van der Waals surface area contributed by atoms with Crippen molar-refractivity contribution < 1.29 is 0 Å². The number of aliphatic imine (C=N–C) groups is 1. The van der Waals surface area contributed by atoms with E-state index in [0.29, 0.717) is 0 Å². The Morgan fingerprint density at radius 2 is 1.73 bits per heavy atom. The summed E-state index contributed by atoms with van der Waals surface area (Å²) in [5, 5.41) is 0. The van der Waals surface area contributed by atoms with Crippen molar-refractivity contribution in [2.45, 2.75) is 25.8 Å². The molecular formula is C21H23BrN4. The van der Waals surface area contributed by atoms with Crippen molar-refractivity contribution >= 4 is 39.1 Å². The lowest BCUT2D eigenvalue weighted by molar-refractivity contribution is 0.222. The zero-order valence-electron chi connectivity index (χ0n) is 14.8. The molecule has 134 valence electrons. The highest BCUT2D eigenvalue weighted by molar-refractivity contribution is 9.10. The van der Waals surface area contributed by atoms with Gasteiger partial charge in [0.05, 0.1) is 11.0 Å². The fourth-order valence-electron chi connectivity index (χ4n) is 3.49. The Bertz CT molecular complexity index is 892. The quantitative estimate of drug-likeness (QED) is 0.552. The topological polar surface area (TPSA) is 33.4 Å². The first-order valence-corrected chi connectivity index (χ1v) is 10.1. The first kappa shape index (κ1) is 17.4. The third-order valence-corrected chi connectivity index (χ3v) is 5.45. The van der Waals surface area contributed by atoms with Crippen molar-refractivity contribution in [3.63, 3.8) is 0 Å². The van der Waals surface area contributed by atoms with Gasteiger partial charge in [0.15, 0.2) is 0 Å². The summed E-state index contributed by atoms with van der Waals surface area (Å²) in [6.07, 6.45) is 5.90. The van der Waals surface area contributed by atoms with Gasteiger partial charge in [-0.2, -0.15) is 0 Å². The third kappa shape index (κ3) is 4.05. The molecule has 0 atom stereocenters. The molecule has 5 heteroatoms. The van der Waals surface area contributed by atoms with E-state index in [1.54, 1.807) is 0 Å². The van der Waals surface area contributed by atoms with Crippen LogP contribution in [0.3, 0.4) is 0 Å². The predicted molar refractivity (Wildman–Crippen MR) is 111 cm³/mol. The average molecular weight is 411 g/mol. The summed E-state index contributed by atoms with van der Waals surface area (Å²) in [5.74, 6) is 0.783. The molecule has 0 radical (unpaired) electrons. The van der Waals surface area contributed by atoms with E-state index in [0.717, 1.165) is 40.1 Å². The number of aromatic nitrogens is 2. The van der Waals surface area contributed by atoms with Gasteiger partial charge in [0, 0.05) is 23.8 Å². The largest absolute Gasteiger partial charge is 0.307 e. The Balaban J connectivity index is 1.59. The van der Waals surface area contributed by atoms with Crippen LogP contribution in [0.15, 0.2) is 58.0 Å². The lowest BCUT2D eigenvalue weighted by Gasteiger charge is -2.26. The zero-order valence-corrected chi connectivity index (χ0v) is 16.4. The summed E-state index contributed by atoms with van der Waals surface area (Å²) in [4.78, 5) is 12.0. The highest BCUT2D eigenvalue weighted by Crippen LogP contribution is 2.22. The highest BCUT2D eigenvalue weighted by Gasteiger charge is 2.13. The van der Waals surface area contributed by atoms with Crippen LogP contribution in [0.4, 0.5) is 5.95 Å². The fourth-order valence-corrected chi connectivity index (χ4v) is 3.75. The first-order valence-electron chi connectivity index (χ1n) is 9.27. The van der Waals surface area contributed by atoms with E-state index in [2.05, 4.69) is 43.6 Å². The lowest BCUT2D eigenvalue weighted by Crippen LogP contribution is -2.32. The number of halogens is 1. The van der Waals surface area contributed by atoms with Crippen molar-refractivity contribution in [3.05, 3.63) is 58.6 Å². The van der Waals surface area contributed by atoms with Crippen LogP contribution in [0, 0.1) is 0 Å². The second-order valence-electron chi connectivity index (χ2n) is 6.76. The second kappa shape index (κ2) is 8.14. The molecule has 4 nitrogen and oxygen atoms in total. The molecule has 4 rings (SSSR count). The van der Waals surface area contributed by atoms with Crippen LogP contribution < -0.4 is 0 Å². The maximum atomic E-state index is 4.75. The molecule has 1 saturated heterocycles. The van der Waals surface area contributed by atoms with Crippen LogP contribution in [0.25, 0.3) is 11.0 Å². The summed E-state index contributed by atoms with van der Waals surface area (Å²) in [6, 6.07) is 16.5. The minimum absolute atomic E-state index is 0.783. The lowest BCUT2D eigenvalue weighted by atomic mass is 10.1. The smallest absolute Gasteiger partial charge is 0.230 e. The van der Waals surface area contributed by atoms with Gasteiger partial charge in [-0.25, -0.2) is 9.98 Å². The number of hydrogen-bond acceptors (Lipinski definition) is 3. The number of likely N-dealkylation sites (tertiary alicyclic amines) is 1. The highest BCUT2D eigenvalue weighted by atomic mass is 79.9. The molecule has 0 saturated carbocycles. The van der Waals surface area contributed by atoms with E-state index in [-0.39, 0.29) is 0 Å². The molecule has 0 spiro atoms. The Morgan fingerprint density at radius 1 is 0.962 bits per heavy atom. The van der Waals surface area contributed by atoms with E-state index in [1.807, 2.05) is 36.5 Å². The van der Waals surface area contributed by atoms with Crippen molar-refractivity contribution in [1.29, 1.82) is 0 Å². The minimum Gasteiger partial charge on any atom is -0.307 e. The number of rotatable bonds is 5. The van der Waals surface area contributed by atoms with Gasteiger partial charge in [0.25, 0.3) is 0 Å². The molecule has 2 aromatic carbocycles. The first-order chi connectivity index (χ1) is 12.8. The number of hydrogen-bond donors (Lipinski definition) is 0. The SMILES string of the molecule is Brc1ccc(C=Nc2nc3ccccc3n2CCN2CCCCC2)cc1. The van der Waals surface area contributed by atoms with E-state index < -0.39 is 0 Å². The molecule has 26 heavy (non-hydrogen) atoms. The molecule has 2 heterocycles. The van der Waals surface area contributed by atoms with Gasteiger partial charge in [-0.1, -0.05) is 46.6 Å². The van der Waals surface area contributed by atoms with Gasteiger partial charge in [0.1, 0.15) is 0 Å². The van der Waals surface area contributed by atoms with Gasteiger partial charge in [-0.15, -0.1) is 0 Å². The van der Waals surface area contributed by atoms with Crippen LogP contribution in [0.2, 0.25) is 0 Å². The molecular weight excluding hydrogens is 388 g/mol. The monoisotopic (exact) mass is 410 g/mol.